The molecule has 0 aromatic heterocycles. The molecule has 5 heteroatoms. The van der Waals surface area contributed by atoms with E-state index in [0.29, 0.717) is 19.0 Å². The lowest BCUT2D eigenvalue weighted by Gasteiger charge is -2.32. The first-order valence-electron chi connectivity index (χ1n) is 6.30. The van der Waals surface area contributed by atoms with E-state index >= 15 is 0 Å². The SMILES string of the molecule is CC(=O)NCCNC(=O)C1CCCC(C)C1N. The van der Waals surface area contributed by atoms with Crippen LogP contribution in [0.5, 0.6) is 0 Å². The lowest BCUT2D eigenvalue weighted by atomic mass is 9.78. The Labute approximate surface area is 103 Å². The molecule has 1 rings (SSSR count). The molecule has 1 aliphatic carbocycles. The van der Waals surface area contributed by atoms with Gasteiger partial charge in [0.2, 0.25) is 11.8 Å². The van der Waals surface area contributed by atoms with Crippen LogP contribution >= 0.6 is 0 Å². The highest BCUT2D eigenvalue weighted by atomic mass is 16.2. The van der Waals surface area contributed by atoms with Crippen LogP contribution < -0.4 is 16.4 Å². The van der Waals surface area contributed by atoms with Crippen LogP contribution in [0.15, 0.2) is 0 Å². The summed E-state index contributed by atoms with van der Waals surface area (Å²) < 4.78 is 0. The van der Waals surface area contributed by atoms with Crippen molar-refractivity contribution in [2.75, 3.05) is 13.1 Å². The number of nitrogens with one attached hydrogen (secondary N) is 2. The lowest BCUT2D eigenvalue weighted by Crippen LogP contribution is -2.48. The van der Waals surface area contributed by atoms with Gasteiger partial charge in [-0.2, -0.15) is 0 Å². The van der Waals surface area contributed by atoms with Gasteiger partial charge in [0, 0.05) is 26.1 Å². The molecule has 2 amide bonds. The molecule has 0 aliphatic heterocycles. The van der Waals surface area contributed by atoms with Crippen LogP contribution in [0.25, 0.3) is 0 Å². The maximum Gasteiger partial charge on any atom is 0.224 e. The van der Waals surface area contributed by atoms with Crippen LogP contribution in [-0.4, -0.2) is 30.9 Å². The fraction of sp³-hybridized carbons (Fsp3) is 0.833. The maximum atomic E-state index is 11.9. The zero-order valence-electron chi connectivity index (χ0n) is 10.7. The van der Waals surface area contributed by atoms with Gasteiger partial charge in [-0.15, -0.1) is 0 Å². The maximum absolute atomic E-state index is 11.9. The summed E-state index contributed by atoms with van der Waals surface area (Å²) in [7, 11) is 0. The first kappa shape index (κ1) is 14.0. The topological polar surface area (TPSA) is 84.2 Å². The van der Waals surface area contributed by atoms with E-state index in [1.54, 1.807) is 0 Å². The van der Waals surface area contributed by atoms with E-state index in [9.17, 15) is 9.59 Å². The van der Waals surface area contributed by atoms with E-state index < -0.39 is 0 Å². The molecule has 1 saturated carbocycles. The molecule has 3 atom stereocenters. The standard InChI is InChI=1S/C12H23N3O2/c1-8-4-3-5-10(11(8)13)12(17)15-7-6-14-9(2)16/h8,10-11H,3-7,13H2,1-2H3,(H,14,16)(H,15,17). The summed E-state index contributed by atoms with van der Waals surface area (Å²) in [5.41, 5.74) is 6.05. The predicted octanol–water partition coefficient (Wildman–Crippen LogP) is 0.00220. The van der Waals surface area contributed by atoms with Crippen LogP contribution in [0, 0.1) is 11.8 Å². The van der Waals surface area contributed by atoms with Crippen molar-refractivity contribution in [2.24, 2.45) is 17.6 Å². The second-order valence-electron chi connectivity index (χ2n) is 4.87. The highest BCUT2D eigenvalue weighted by Crippen LogP contribution is 2.27. The van der Waals surface area contributed by atoms with Gasteiger partial charge in [0.05, 0.1) is 5.92 Å². The zero-order chi connectivity index (χ0) is 12.8. The van der Waals surface area contributed by atoms with E-state index in [1.165, 1.54) is 6.92 Å². The Morgan fingerprint density at radius 2 is 1.88 bits per heavy atom. The second-order valence-corrected chi connectivity index (χ2v) is 4.87. The van der Waals surface area contributed by atoms with Gasteiger partial charge >= 0.3 is 0 Å². The molecule has 0 bridgehead atoms. The Morgan fingerprint density at radius 3 is 2.53 bits per heavy atom. The molecule has 0 radical (unpaired) electrons. The number of hydrogen-bond acceptors (Lipinski definition) is 3. The zero-order valence-corrected chi connectivity index (χ0v) is 10.7. The number of rotatable bonds is 4. The average molecular weight is 241 g/mol. The molecule has 0 saturated heterocycles. The minimum Gasteiger partial charge on any atom is -0.355 e. The summed E-state index contributed by atoms with van der Waals surface area (Å²) >= 11 is 0. The number of nitrogens with two attached hydrogens (primary N) is 1. The first-order chi connectivity index (χ1) is 8.02. The van der Waals surface area contributed by atoms with Gasteiger partial charge in [-0.25, -0.2) is 0 Å². The van der Waals surface area contributed by atoms with Crippen molar-refractivity contribution < 1.29 is 9.59 Å². The molecule has 0 spiro atoms. The van der Waals surface area contributed by atoms with Crippen molar-refractivity contribution in [3.8, 4) is 0 Å². The smallest absolute Gasteiger partial charge is 0.224 e. The van der Waals surface area contributed by atoms with Gasteiger partial charge < -0.3 is 16.4 Å². The fourth-order valence-corrected chi connectivity index (χ4v) is 2.30. The Kier molecular flexibility index (Phi) is 5.41. The molecule has 4 N–H and O–H groups in total. The number of carbonyl (C=O) groups excluding carboxylic acids is 2. The Bertz CT molecular complexity index is 281. The van der Waals surface area contributed by atoms with E-state index in [4.69, 9.17) is 5.73 Å². The minimum atomic E-state index is -0.0813. The number of carbonyl (C=O) groups is 2. The Hall–Kier alpha value is -1.10. The summed E-state index contributed by atoms with van der Waals surface area (Å²) in [6.45, 7) is 4.50. The second kappa shape index (κ2) is 6.59. The number of hydrogen-bond donors (Lipinski definition) is 3. The van der Waals surface area contributed by atoms with Crippen LogP contribution in [0.1, 0.15) is 33.1 Å². The van der Waals surface area contributed by atoms with Crippen LogP contribution in [0.2, 0.25) is 0 Å². The summed E-state index contributed by atoms with van der Waals surface area (Å²) in [6.07, 6.45) is 3.05. The quantitative estimate of drug-likeness (QED) is 0.606. The molecule has 0 aromatic rings. The fourth-order valence-electron chi connectivity index (χ4n) is 2.30. The molecule has 1 fully saturated rings. The molecule has 98 valence electrons. The van der Waals surface area contributed by atoms with Crippen LogP contribution in [0.3, 0.4) is 0 Å². The van der Waals surface area contributed by atoms with Crippen molar-refractivity contribution in [2.45, 2.75) is 39.2 Å². The van der Waals surface area contributed by atoms with E-state index in [1.807, 2.05) is 0 Å². The third-order valence-electron chi connectivity index (χ3n) is 3.43. The van der Waals surface area contributed by atoms with Gasteiger partial charge in [-0.05, 0) is 18.8 Å². The van der Waals surface area contributed by atoms with Crippen molar-refractivity contribution in [3.05, 3.63) is 0 Å². The largest absolute Gasteiger partial charge is 0.355 e. The Morgan fingerprint density at radius 1 is 1.24 bits per heavy atom. The summed E-state index contributed by atoms with van der Waals surface area (Å²) in [4.78, 5) is 22.5. The molecule has 3 unspecified atom stereocenters. The highest BCUT2D eigenvalue weighted by Gasteiger charge is 2.32. The van der Waals surface area contributed by atoms with E-state index in [0.717, 1.165) is 19.3 Å². The third kappa shape index (κ3) is 4.34. The summed E-state index contributed by atoms with van der Waals surface area (Å²) in [5, 5.41) is 5.46. The third-order valence-corrected chi connectivity index (χ3v) is 3.43. The monoisotopic (exact) mass is 241 g/mol. The number of amides is 2. The van der Waals surface area contributed by atoms with Gasteiger partial charge in [-0.1, -0.05) is 13.3 Å². The lowest BCUT2D eigenvalue weighted by molar-refractivity contribution is -0.127. The van der Waals surface area contributed by atoms with E-state index in [-0.39, 0.29) is 23.8 Å². The summed E-state index contributed by atoms with van der Waals surface area (Å²) in [6, 6.07) is -0.0375. The molecule has 1 aliphatic rings. The molecule has 17 heavy (non-hydrogen) atoms. The molecular weight excluding hydrogens is 218 g/mol. The van der Waals surface area contributed by atoms with Gasteiger partial charge in [0.1, 0.15) is 0 Å². The van der Waals surface area contributed by atoms with Crippen molar-refractivity contribution in [1.82, 2.24) is 10.6 Å². The molecule has 0 heterocycles. The van der Waals surface area contributed by atoms with Gasteiger partial charge in [0.15, 0.2) is 0 Å². The molecular formula is C12H23N3O2. The van der Waals surface area contributed by atoms with Crippen LogP contribution in [0.4, 0.5) is 0 Å². The van der Waals surface area contributed by atoms with Crippen LogP contribution in [-0.2, 0) is 9.59 Å². The van der Waals surface area contributed by atoms with Crippen molar-refractivity contribution >= 4 is 11.8 Å². The minimum absolute atomic E-state index is 0.0226. The van der Waals surface area contributed by atoms with E-state index in [2.05, 4.69) is 17.6 Å². The van der Waals surface area contributed by atoms with Crippen molar-refractivity contribution in [3.63, 3.8) is 0 Å². The summed E-state index contributed by atoms with van der Waals surface area (Å²) in [5.74, 6) is 0.280. The Balaban J connectivity index is 2.29. The normalized spacial score (nSPS) is 28.5. The predicted molar refractivity (Wildman–Crippen MR) is 66.2 cm³/mol. The highest BCUT2D eigenvalue weighted by molar-refractivity contribution is 5.79. The van der Waals surface area contributed by atoms with Gasteiger partial charge in [0.25, 0.3) is 0 Å². The molecule has 5 nitrogen and oxygen atoms in total. The molecule has 0 aromatic carbocycles. The first-order valence-corrected chi connectivity index (χ1v) is 6.30. The average Bonchev–Trinajstić information content (AvgIpc) is 2.27. The van der Waals surface area contributed by atoms with Crippen molar-refractivity contribution in [1.29, 1.82) is 0 Å². The van der Waals surface area contributed by atoms with Gasteiger partial charge in [-0.3, -0.25) is 9.59 Å².